The molecule has 1 atom stereocenters. The number of urea groups is 1. The van der Waals surface area contributed by atoms with E-state index in [1.807, 2.05) is 0 Å². The number of carbonyl (C=O) groups is 2. The summed E-state index contributed by atoms with van der Waals surface area (Å²) in [5.41, 5.74) is 0.842. The number of carbonyl (C=O) groups excluding carboxylic acids is 1. The second kappa shape index (κ2) is 8.16. The number of carboxylic acid groups (broad SMARTS) is 1. The minimum Gasteiger partial charge on any atom is -0.480 e. The first kappa shape index (κ1) is 16.0. The standard InChI is InChI=1S/C12H20N4O4/c1-16(8-9-6-13-14-7-9)12(19)15-10(11(17)18)4-3-5-20-2/h6-7,10H,3-5,8H2,1-2H3,(H,13,14)(H,15,19)(H,17,18). The second-order valence-corrected chi connectivity index (χ2v) is 4.44. The van der Waals surface area contributed by atoms with Crippen LogP contribution in [-0.2, 0) is 16.1 Å². The van der Waals surface area contributed by atoms with Crippen LogP contribution in [0, 0.1) is 0 Å². The van der Waals surface area contributed by atoms with Crippen molar-refractivity contribution in [3.63, 3.8) is 0 Å². The van der Waals surface area contributed by atoms with Crippen LogP contribution >= 0.6 is 0 Å². The number of hydrogen-bond acceptors (Lipinski definition) is 4. The van der Waals surface area contributed by atoms with Gasteiger partial charge in [-0.25, -0.2) is 9.59 Å². The van der Waals surface area contributed by atoms with E-state index in [1.54, 1.807) is 26.6 Å². The lowest BCUT2D eigenvalue weighted by Gasteiger charge is -2.20. The highest BCUT2D eigenvalue weighted by molar-refractivity contribution is 5.82. The number of amides is 2. The zero-order valence-corrected chi connectivity index (χ0v) is 11.6. The molecule has 20 heavy (non-hydrogen) atoms. The third-order valence-corrected chi connectivity index (χ3v) is 2.76. The summed E-state index contributed by atoms with van der Waals surface area (Å²) in [5.74, 6) is -1.05. The summed E-state index contributed by atoms with van der Waals surface area (Å²) in [4.78, 5) is 24.4. The second-order valence-electron chi connectivity index (χ2n) is 4.44. The van der Waals surface area contributed by atoms with Gasteiger partial charge in [0.25, 0.3) is 0 Å². The highest BCUT2D eigenvalue weighted by Gasteiger charge is 2.21. The average molecular weight is 284 g/mol. The van der Waals surface area contributed by atoms with Crippen molar-refractivity contribution in [2.75, 3.05) is 20.8 Å². The normalized spacial score (nSPS) is 11.9. The fourth-order valence-corrected chi connectivity index (χ4v) is 1.66. The molecule has 0 saturated heterocycles. The molecule has 0 aliphatic rings. The van der Waals surface area contributed by atoms with Gasteiger partial charge < -0.3 is 20.1 Å². The molecule has 1 heterocycles. The third-order valence-electron chi connectivity index (χ3n) is 2.76. The Morgan fingerprint density at radius 3 is 2.90 bits per heavy atom. The summed E-state index contributed by atoms with van der Waals surface area (Å²) >= 11 is 0. The minimum atomic E-state index is -1.05. The number of aromatic nitrogens is 2. The molecule has 0 saturated carbocycles. The Labute approximate surface area is 117 Å². The summed E-state index contributed by atoms with van der Waals surface area (Å²) in [5, 5.41) is 18.0. The Morgan fingerprint density at radius 1 is 1.60 bits per heavy atom. The number of aliphatic carboxylic acids is 1. The van der Waals surface area contributed by atoms with Crippen molar-refractivity contribution >= 4 is 12.0 Å². The first-order valence-corrected chi connectivity index (χ1v) is 6.25. The van der Waals surface area contributed by atoms with Gasteiger partial charge in [0.15, 0.2) is 0 Å². The molecule has 112 valence electrons. The van der Waals surface area contributed by atoms with Gasteiger partial charge in [0.2, 0.25) is 0 Å². The average Bonchev–Trinajstić information content (AvgIpc) is 2.90. The van der Waals surface area contributed by atoms with Crippen LogP contribution < -0.4 is 5.32 Å². The van der Waals surface area contributed by atoms with Crippen molar-refractivity contribution in [2.45, 2.75) is 25.4 Å². The zero-order chi connectivity index (χ0) is 15.0. The van der Waals surface area contributed by atoms with E-state index in [-0.39, 0.29) is 0 Å². The molecular formula is C12H20N4O4. The highest BCUT2D eigenvalue weighted by atomic mass is 16.5. The van der Waals surface area contributed by atoms with Gasteiger partial charge in [-0.3, -0.25) is 5.10 Å². The number of H-pyrrole nitrogens is 1. The Hall–Kier alpha value is -2.09. The molecule has 3 N–H and O–H groups in total. The van der Waals surface area contributed by atoms with Crippen LogP contribution in [0.2, 0.25) is 0 Å². The van der Waals surface area contributed by atoms with Gasteiger partial charge in [0, 0.05) is 32.5 Å². The maximum Gasteiger partial charge on any atom is 0.326 e. The van der Waals surface area contributed by atoms with Crippen molar-refractivity contribution in [1.82, 2.24) is 20.4 Å². The van der Waals surface area contributed by atoms with Gasteiger partial charge in [-0.1, -0.05) is 0 Å². The molecule has 1 unspecified atom stereocenters. The van der Waals surface area contributed by atoms with Gasteiger partial charge >= 0.3 is 12.0 Å². The number of rotatable bonds is 8. The lowest BCUT2D eigenvalue weighted by molar-refractivity contribution is -0.139. The summed E-state index contributed by atoms with van der Waals surface area (Å²) < 4.78 is 4.87. The van der Waals surface area contributed by atoms with Crippen molar-refractivity contribution in [3.8, 4) is 0 Å². The molecule has 1 aromatic heterocycles. The van der Waals surface area contributed by atoms with E-state index in [4.69, 9.17) is 9.84 Å². The number of ether oxygens (including phenoxy) is 1. The Bertz CT molecular complexity index is 421. The van der Waals surface area contributed by atoms with Crippen LogP contribution in [0.25, 0.3) is 0 Å². The monoisotopic (exact) mass is 284 g/mol. The molecule has 2 amide bonds. The van der Waals surface area contributed by atoms with Crippen LogP contribution in [0.5, 0.6) is 0 Å². The molecule has 0 aliphatic carbocycles. The van der Waals surface area contributed by atoms with Crippen LogP contribution in [0.15, 0.2) is 12.4 Å². The number of nitrogens with zero attached hydrogens (tertiary/aromatic N) is 2. The minimum absolute atomic E-state index is 0.328. The molecule has 0 fully saturated rings. The zero-order valence-electron chi connectivity index (χ0n) is 11.6. The van der Waals surface area contributed by atoms with E-state index in [2.05, 4.69) is 15.5 Å². The van der Waals surface area contributed by atoms with Gasteiger partial charge in [0.05, 0.1) is 12.7 Å². The number of methoxy groups -OCH3 is 1. The Morgan fingerprint density at radius 2 is 2.35 bits per heavy atom. The molecule has 1 rings (SSSR count). The summed E-state index contributed by atoms with van der Waals surface area (Å²) in [7, 11) is 3.14. The van der Waals surface area contributed by atoms with Gasteiger partial charge in [0.1, 0.15) is 6.04 Å². The quantitative estimate of drug-likeness (QED) is 0.600. The van der Waals surface area contributed by atoms with Gasteiger partial charge in [-0.05, 0) is 12.8 Å². The number of hydrogen-bond donors (Lipinski definition) is 3. The number of carboxylic acids is 1. The largest absolute Gasteiger partial charge is 0.480 e. The molecule has 0 bridgehead atoms. The van der Waals surface area contributed by atoms with Gasteiger partial charge in [-0.15, -0.1) is 0 Å². The van der Waals surface area contributed by atoms with E-state index in [0.717, 1.165) is 5.56 Å². The first-order chi connectivity index (χ1) is 9.54. The lowest BCUT2D eigenvalue weighted by Crippen LogP contribution is -2.46. The molecule has 0 radical (unpaired) electrons. The van der Waals surface area contributed by atoms with E-state index in [9.17, 15) is 9.59 Å². The Kier molecular flexibility index (Phi) is 6.51. The third kappa shape index (κ3) is 5.27. The summed E-state index contributed by atoms with van der Waals surface area (Å²) in [6.07, 6.45) is 4.18. The fraction of sp³-hybridized carbons (Fsp3) is 0.583. The highest BCUT2D eigenvalue weighted by Crippen LogP contribution is 2.03. The van der Waals surface area contributed by atoms with E-state index in [1.165, 1.54) is 4.90 Å². The van der Waals surface area contributed by atoms with E-state index < -0.39 is 18.0 Å². The van der Waals surface area contributed by atoms with E-state index in [0.29, 0.717) is 26.0 Å². The lowest BCUT2D eigenvalue weighted by atomic mass is 10.1. The molecule has 8 nitrogen and oxygen atoms in total. The topological polar surface area (TPSA) is 108 Å². The maximum absolute atomic E-state index is 11.9. The van der Waals surface area contributed by atoms with Crippen molar-refractivity contribution < 1.29 is 19.4 Å². The summed E-state index contributed by atoms with van der Waals surface area (Å²) in [6.45, 7) is 0.817. The van der Waals surface area contributed by atoms with Crippen molar-refractivity contribution in [3.05, 3.63) is 18.0 Å². The fourth-order valence-electron chi connectivity index (χ4n) is 1.66. The van der Waals surface area contributed by atoms with Crippen LogP contribution in [0.1, 0.15) is 18.4 Å². The molecule has 0 aliphatic heterocycles. The smallest absolute Gasteiger partial charge is 0.326 e. The number of aromatic amines is 1. The molecule has 1 aromatic rings. The van der Waals surface area contributed by atoms with Crippen LogP contribution in [0.4, 0.5) is 4.79 Å². The van der Waals surface area contributed by atoms with Crippen LogP contribution in [-0.4, -0.2) is 59.0 Å². The van der Waals surface area contributed by atoms with Crippen LogP contribution in [0.3, 0.4) is 0 Å². The van der Waals surface area contributed by atoms with E-state index >= 15 is 0 Å². The molecule has 8 heteroatoms. The SMILES string of the molecule is COCCCC(NC(=O)N(C)Cc1cn[nH]c1)C(=O)O. The molecule has 0 aromatic carbocycles. The molecular weight excluding hydrogens is 264 g/mol. The van der Waals surface area contributed by atoms with Crippen molar-refractivity contribution in [1.29, 1.82) is 0 Å². The molecule has 0 spiro atoms. The summed E-state index contributed by atoms with van der Waals surface area (Å²) in [6, 6.07) is -1.35. The predicted octanol–water partition coefficient (Wildman–Crippen LogP) is 0.431. The number of nitrogens with one attached hydrogen (secondary N) is 2. The first-order valence-electron chi connectivity index (χ1n) is 6.25. The predicted molar refractivity (Wildman–Crippen MR) is 71.1 cm³/mol. The van der Waals surface area contributed by atoms with Gasteiger partial charge in [-0.2, -0.15) is 5.10 Å². The van der Waals surface area contributed by atoms with Crippen molar-refractivity contribution in [2.24, 2.45) is 0 Å². The Balaban J connectivity index is 2.45. The maximum atomic E-state index is 11.9.